The number of phenolic OH excluding ortho intramolecular Hbond substituents is 1. The lowest BCUT2D eigenvalue weighted by Gasteiger charge is -2.21. The third-order valence-electron chi connectivity index (χ3n) is 4.50. The Hall–Kier alpha value is -2.29. The van der Waals surface area contributed by atoms with Crippen molar-refractivity contribution in [1.29, 1.82) is 0 Å². The van der Waals surface area contributed by atoms with Crippen LogP contribution in [0.15, 0.2) is 48.5 Å². The minimum absolute atomic E-state index is 0.243. The topological polar surface area (TPSA) is 46.5 Å². The van der Waals surface area contributed by atoms with Crippen molar-refractivity contribution in [1.82, 2.24) is 0 Å². The predicted molar refractivity (Wildman–Crippen MR) is 90.4 cm³/mol. The normalized spacial score (nSPS) is 15.3. The van der Waals surface area contributed by atoms with Gasteiger partial charge in [0.15, 0.2) is 0 Å². The van der Waals surface area contributed by atoms with E-state index in [1.54, 1.807) is 24.3 Å². The molecule has 0 aliphatic heterocycles. The molecule has 0 heterocycles. The van der Waals surface area contributed by atoms with Gasteiger partial charge in [-0.15, -0.1) is 0 Å². The monoisotopic (exact) mass is 310 g/mol. The lowest BCUT2D eigenvalue weighted by atomic mass is 9.90. The van der Waals surface area contributed by atoms with Gasteiger partial charge in [0.25, 0.3) is 0 Å². The summed E-state index contributed by atoms with van der Waals surface area (Å²) in [7, 11) is 0. The summed E-state index contributed by atoms with van der Waals surface area (Å²) in [6.07, 6.45) is 6.16. The van der Waals surface area contributed by atoms with Crippen molar-refractivity contribution in [3.8, 4) is 16.9 Å². The summed E-state index contributed by atoms with van der Waals surface area (Å²) in [5.74, 6) is 0.536. The van der Waals surface area contributed by atoms with Gasteiger partial charge >= 0.3 is 5.97 Å². The van der Waals surface area contributed by atoms with Crippen molar-refractivity contribution < 1.29 is 14.6 Å². The maximum Gasteiger partial charge on any atom is 0.338 e. The van der Waals surface area contributed by atoms with E-state index in [1.807, 2.05) is 24.3 Å². The zero-order valence-electron chi connectivity index (χ0n) is 13.2. The molecule has 1 N–H and O–H groups in total. The first-order valence-corrected chi connectivity index (χ1v) is 8.29. The molecule has 0 aromatic heterocycles. The molecule has 0 bridgehead atoms. The Labute approximate surface area is 136 Å². The van der Waals surface area contributed by atoms with Gasteiger partial charge in [0.05, 0.1) is 12.2 Å². The molecule has 0 spiro atoms. The zero-order chi connectivity index (χ0) is 16.1. The van der Waals surface area contributed by atoms with Gasteiger partial charge in [-0.05, 0) is 54.2 Å². The molecule has 2 aromatic rings. The van der Waals surface area contributed by atoms with E-state index < -0.39 is 0 Å². The fraction of sp³-hybridized carbons (Fsp3) is 0.350. The van der Waals surface area contributed by atoms with E-state index in [9.17, 15) is 9.90 Å². The number of esters is 1. The molecule has 3 heteroatoms. The molecule has 23 heavy (non-hydrogen) atoms. The van der Waals surface area contributed by atoms with Crippen LogP contribution in [0.25, 0.3) is 11.1 Å². The van der Waals surface area contributed by atoms with E-state index in [0.717, 1.165) is 11.1 Å². The predicted octanol–water partition coefficient (Wildman–Crippen LogP) is 4.80. The maximum absolute atomic E-state index is 12.1. The summed E-state index contributed by atoms with van der Waals surface area (Å²) < 4.78 is 5.46. The molecule has 0 amide bonds. The van der Waals surface area contributed by atoms with Crippen LogP contribution in [0.5, 0.6) is 5.75 Å². The SMILES string of the molecule is O=C(OCC1CCCCC1)c1ccc(-c2ccc(O)cc2)cc1. The Morgan fingerprint density at radius 1 is 0.913 bits per heavy atom. The van der Waals surface area contributed by atoms with E-state index in [1.165, 1.54) is 32.1 Å². The summed E-state index contributed by atoms with van der Waals surface area (Å²) >= 11 is 0. The van der Waals surface area contributed by atoms with Crippen molar-refractivity contribution >= 4 is 5.97 Å². The quantitative estimate of drug-likeness (QED) is 0.825. The second-order valence-electron chi connectivity index (χ2n) is 6.23. The van der Waals surface area contributed by atoms with Crippen molar-refractivity contribution in [2.24, 2.45) is 5.92 Å². The van der Waals surface area contributed by atoms with Crippen LogP contribution in [0.4, 0.5) is 0 Å². The lowest BCUT2D eigenvalue weighted by molar-refractivity contribution is 0.0410. The van der Waals surface area contributed by atoms with E-state index in [-0.39, 0.29) is 11.7 Å². The first-order chi connectivity index (χ1) is 11.2. The molecule has 1 aliphatic carbocycles. The van der Waals surface area contributed by atoms with E-state index in [2.05, 4.69) is 0 Å². The highest BCUT2D eigenvalue weighted by molar-refractivity contribution is 5.90. The van der Waals surface area contributed by atoms with E-state index in [4.69, 9.17) is 4.74 Å². The summed E-state index contributed by atoms with van der Waals surface area (Å²) in [6.45, 7) is 0.540. The van der Waals surface area contributed by atoms with Gasteiger partial charge in [-0.25, -0.2) is 4.79 Å². The fourth-order valence-electron chi connectivity index (χ4n) is 3.08. The first-order valence-electron chi connectivity index (χ1n) is 8.29. The average molecular weight is 310 g/mol. The third kappa shape index (κ3) is 4.13. The molecule has 3 rings (SSSR count). The summed E-state index contributed by atoms with van der Waals surface area (Å²) in [6, 6.07) is 14.4. The molecular weight excluding hydrogens is 288 g/mol. The van der Waals surface area contributed by atoms with Crippen molar-refractivity contribution in [2.45, 2.75) is 32.1 Å². The third-order valence-corrected chi connectivity index (χ3v) is 4.50. The minimum Gasteiger partial charge on any atom is -0.508 e. The Balaban J connectivity index is 1.59. The smallest absolute Gasteiger partial charge is 0.338 e. The van der Waals surface area contributed by atoms with Crippen LogP contribution in [0.1, 0.15) is 42.5 Å². The molecule has 0 radical (unpaired) electrons. The van der Waals surface area contributed by atoms with Gasteiger partial charge in [0, 0.05) is 0 Å². The van der Waals surface area contributed by atoms with Crippen LogP contribution < -0.4 is 0 Å². The van der Waals surface area contributed by atoms with E-state index in [0.29, 0.717) is 18.1 Å². The number of rotatable bonds is 4. The molecule has 0 unspecified atom stereocenters. The number of carbonyl (C=O) groups excluding carboxylic acids is 1. The van der Waals surface area contributed by atoms with Gasteiger partial charge in [-0.1, -0.05) is 43.5 Å². The van der Waals surface area contributed by atoms with Crippen LogP contribution in [-0.4, -0.2) is 17.7 Å². The number of hydrogen-bond donors (Lipinski definition) is 1. The molecule has 0 saturated heterocycles. The highest BCUT2D eigenvalue weighted by Gasteiger charge is 2.16. The van der Waals surface area contributed by atoms with Gasteiger partial charge in [-0.2, -0.15) is 0 Å². The first kappa shape index (κ1) is 15.6. The Bertz CT molecular complexity index is 638. The van der Waals surface area contributed by atoms with Crippen LogP contribution in [0, 0.1) is 5.92 Å². The van der Waals surface area contributed by atoms with Crippen LogP contribution in [-0.2, 0) is 4.74 Å². The number of ether oxygens (including phenoxy) is 1. The van der Waals surface area contributed by atoms with Crippen molar-refractivity contribution in [3.63, 3.8) is 0 Å². The van der Waals surface area contributed by atoms with Crippen LogP contribution in [0.2, 0.25) is 0 Å². The standard InChI is InChI=1S/C20H22O3/c21-19-12-10-17(11-13-19)16-6-8-18(9-7-16)20(22)23-14-15-4-2-1-3-5-15/h6-13,15,21H,1-5,14H2. The molecule has 1 aliphatic rings. The van der Waals surface area contributed by atoms with Crippen molar-refractivity contribution in [3.05, 3.63) is 54.1 Å². The molecular formula is C20H22O3. The van der Waals surface area contributed by atoms with Crippen molar-refractivity contribution in [2.75, 3.05) is 6.61 Å². The highest BCUT2D eigenvalue weighted by atomic mass is 16.5. The molecule has 2 aromatic carbocycles. The lowest BCUT2D eigenvalue weighted by Crippen LogP contribution is -2.16. The largest absolute Gasteiger partial charge is 0.508 e. The summed E-state index contributed by atoms with van der Waals surface area (Å²) in [4.78, 5) is 12.1. The number of phenols is 1. The molecule has 3 nitrogen and oxygen atoms in total. The second kappa shape index (κ2) is 7.32. The second-order valence-corrected chi connectivity index (χ2v) is 6.23. The molecule has 0 atom stereocenters. The Kier molecular flexibility index (Phi) is 4.96. The average Bonchev–Trinajstić information content (AvgIpc) is 2.61. The van der Waals surface area contributed by atoms with Gasteiger partial charge in [0.1, 0.15) is 5.75 Å². The maximum atomic E-state index is 12.1. The van der Waals surface area contributed by atoms with Crippen LogP contribution in [0.3, 0.4) is 0 Å². The molecule has 1 fully saturated rings. The fourth-order valence-corrected chi connectivity index (χ4v) is 3.08. The Morgan fingerprint density at radius 3 is 2.09 bits per heavy atom. The minimum atomic E-state index is -0.243. The summed E-state index contributed by atoms with van der Waals surface area (Å²) in [5.41, 5.74) is 2.60. The number of hydrogen-bond acceptors (Lipinski definition) is 3. The molecule has 1 saturated carbocycles. The molecule has 120 valence electrons. The Morgan fingerprint density at radius 2 is 1.48 bits per heavy atom. The number of aromatic hydroxyl groups is 1. The van der Waals surface area contributed by atoms with Gasteiger partial charge < -0.3 is 9.84 Å². The van der Waals surface area contributed by atoms with Crippen LogP contribution >= 0.6 is 0 Å². The highest BCUT2D eigenvalue weighted by Crippen LogP contribution is 2.25. The van der Waals surface area contributed by atoms with E-state index >= 15 is 0 Å². The summed E-state index contributed by atoms with van der Waals surface area (Å²) in [5, 5.41) is 9.33. The number of carbonyl (C=O) groups is 1. The number of benzene rings is 2. The zero-order valence-corrected chi connectivity index (χ0v) is 13.2. The van der Waals surface area contributed by atoms with Gasteiger partial charge in [0.2, 0.25) is 0 Å². The van der Waals surface area contributed by atoms with Gasteiger partial charge in [-0.3, -0.25) is 0 Å².